The number of nitrogens with zero attached hydrogens (tertiary/aromatic N) is 3. The van der Waals surface area contributed by atoms with E-state index in [0.29, 0.717) is 0 Å². The van der Waals surface area contributed by atoms with Crippen LogP contribution in [0.4, 0.5) is 0 Å². The fourth-order valence-electron chi connectivity index (χ4n) is 4.80. The number of rotatable bonds is 3. The van der Waals surface area contributed by atoms with Gasteiger partial charge in [0.15, 0.2) is 5.11 Å². The SMILES string of the molecule is Cc1cc(C)c(-n2c(C)cc([C@@H]3[C@H](c4ccccn4)NC(=S)N3C)c2C)c(C)c1. The molecule has 0 saturated carbocycles. The first-order valence-corrected chi connectivity index (χ1v) is 10.4. The highest BCUT2D eigenvalue weighted by Crippen LogP contribution is 2.41. The molecule has 0 amide bonds. The number of nitrogens with one attached hydrogen (secondary N) is 1. The Balaban J connectivity index is 1.86. The zero-order valence-electron chi connectivity index (χ0n) is 17.9. The highest BCUT2D eigenvalue weighted by atomic mass is 32.1. The predicted molar refractivity (Wildman–Crippen MR) is 123 cm³/mol. The van der Waals surface area contributed by atoms with E-state index >= 15 is 0 Å². The van der Waals surface area contributed by atoms with Crippen molar-refractivity contribution in [2.24, 2.45) is 0 Å². The van der Waals surface area contributed by atoms with E-state index < -0.39 is 0 Å². The van der Waals surface area contributed by atoms with Gasteiger partial charge in [-0.1, -0.05) is 23.8 Å². The molecule has 4 rings (SSSR count). The minimum Gasteiger partial charge on any atom is -0.352 e. The van der Waals surface area contributed by atoms with Gasteiger partial charge in [-0.05, 0) is 81.7 Å². The van der Waals surface area contributed by atoms with Crippen LogP contribution < -0.4 is 5.32 Å². The first-order valence-electron chi connectivity index (χ1n) is 10.0. The Labute approximate surface area is 178 Å². The molecule has 1 aliphatic heterocycles. The van der Waals surface area contributed by atoms with Crippen LogP contribution in [0.25, 0.3) is 5.69 Å². The number of pyridine rings is 1. The zero-order chi connectivity index (χ0) is 20.9. The molecular formula is C24H28N4S. The summed E-state index contributed by atoms with van der Waals surface area (Å²) in [6, 6.07) is 13.0. The molecule has 5 heteroatoms. The van der Waals surface area contributed by atoms with Gasteiger partial charge in [-0.3, -0.25) is 4.98 Å². The Bertz CT molecular complexity index is 1060. The summed E-state index contributed by atoms with van der Waals surface area (Å²) in [6.45, 7) is 10.9. The van der Waals surface area contributed by atoms with E-state index in [4.69, 9.17) is 12.2 Å². The molecule has 2 aromatic heterocycles. The molecule has 3 heterocycles. The maximum absolute atomic E-state index is 5.61. The van der Waals surface area contributed by atoms with E-state index in [1.54, 1.807) is 0 Å². The average molecular weight is 405 g/mol. The third kappa shape index (κ3) is 3.23. The molecule has 1 N–H and O–H groups in total. The normalized spacial score (nSPS) is 19.0. The van der Waals surface area contributed by atoms with Crippen molar-refractivity contribution in [3.05, 3.63) is 81.9 Å². The number of hydrogen-bond acceptors (Lipinski definition) is 2. The van der Waals surface area contributed by atoms with Crippen LogP contribution in [0.15, 0.2) is 42.6 Å². The molecule has 4 nitrogen and oxygen atoms in total. The zero-order valence-corrected chi connectivity index (χ0v) is 18.8. The van der Waals surface area contributed by atoms with Crippen LogP contribution in [0.1, 0.15) is 51.4 Å². The Kier molecular flexibility index (Phi) is 4.95. The van der Waals surface area contributed by atoms with E-state index in [0.717, 1.165) is 10.8 Å². The molecule has 2 atom stereocenters. The van der Waals surface area contributed by atoms with Crippen LogP contribution in [-0.4, -0.2) is 26.6 Å². The molecule has 3 aromatic rings. The standard InChI is InChI=1S/C24H28N4S/c1-14-11-15(2)22(16(3)12-14)28-17(4)13-19(18(28)5)23-21(26-24(29)27(23)6)20-9-7-8-10-25-20/h7-13,21,23H,1-6H3,(H,26,29)/t21-,23+/m0/s1. The Hall–Kier alpha value is -2.66. The summed E-state index contributed by atoms with van der Waals surface area (Å²) in [5.74, 6) is 0. The highest BCUT2D eigenvalue weighted by Gasteiger charge is 2.39. The van der Waals surface area contributed by atoms with Gasteiger partial charge in [0.25, 0.3) is 0 Å². The van der Waals surface area contributed by atoms with Crippen molar-refractivity contribution in [1.29, 1.82) is 0 Å². The summed E-state index contributed by atoms with van der Waals surface area (Å²) in [4.78, 5) is 6.77. The molecule has 0 bridgehead atoms. The summed E-state index contributed by atoms with van der Waals surface area (Å²) in [6.07, 6.45) is 1.84. The summed E-state index contributed by atoms with van der Waals surface area (Å²) < 4.78 is 2.39. The molecule has 29 heavy (non-hydrogen) atoms. The van der Waals surface area contributed by atoms with E-state index in [1.165, 1.54) is 39.3 Å². The molecule has 0 spiro atoms. The highest BCUT2D eigenvalue weighted by molar-refractivity contribution is 7.80. The van der Waals surface area contributed by atoms with Crippen LogP contribution in [0, 0.1) is 34.6 Å². The van der Waals surface area contributed by atoms with Crippen LogP contribution in [0.2, 0.25) is 0 Å². The van der Waals surface area contributed by atoms with E-state index in [2.05, 4.69) is 85.7 Å². The van der Waals surface area contributed by atoms with Gasteiger partial charge in [0.2, 0.25) is 0 Å². The summed E-state index contributed by atoms with van der Waals surface area (Å²) >= 11 is 5.61. The number of thiocarbonyl (C=S) groups is 1. The number of likely N-dealkylation sites (N-methyl/N-ethyl adjacent to an activating group) is 1. The quantitative estimate of drug-likeness (QED) is 0.622. The molecule has 1 aliphatic rings. The first-order chi connectivity index (χ1) is 13.8. The molecule has 150 valence electrons. The molecule has 0 unspecified atom stereocenters. The van der Waals surface area contributed by atoms with Crippen molar-refractivity contribution in [3.8, 4) is 5.69 Å². The second-order valence-corrected chi connectivity index (χ2v) is 8.53. The van der Waals surface area contributed by atoms with Crippen LogP contribution in [0.5, 0.6) is 0 Å². The maximum atomic E-state index is 5.61. The lowest BCUT2D eigenvalue weighted by atomic mass is 9.97. The average Bonchev–Trinajstić information content (AvgIpc) is 3.12. The fraction of sp³-hybridized carbons (Fsp3) is 0.333. The molecule has 1 saturated heterocycles. The summed E-state index contributed by atoms with van der Waals surface area (Å²) in [7, 11) is 2.07. The smallest absolute Gasteiger partial charge is 0.169 e. The monoisotopic (exact) mass is 404 g/mol. The molecule has 1 aromatic carbocycles. The van der Waals surface area contributed by atoms with Gasteiger partial charge in [-0.25, -0.2) is 0 Å². The van der Waals surface area contributed by atoms with Crippen molar-refractivity contribution in [2.45, 2.75) is 46.7 Å². The van der Waals surface area contributed by atoms with Gasteiger partial charge < -0.3 is 14.8 Å². The van der Waals surface area contributed by atoms with Gasteiger partial charge in [-0.15, -0.1) is 0 Å². The van der Waals surface area contributed by atoms with Gasteiger partial charge in [0, 0.05) is 24.6 Å². The third-order valence-corrected chi connectivity index (χ3v) is 6.39. The number of aromatic nitrogens is 2. The minimum absolute atomic E-state index is 0.0304. The number of hydrogen-bond donors (Lipinski definition) is 1. The molecule has 0 aliphatic carbocycles. The second-order valence-electron chi connectivity index (χ2n) is 8.15. The Morgan fingerprint density at radius 2 is 1.69 bits per heavy atom. The lowest BCUT2D eigenvalue weighted by Crippen LogP contribution is -2.25. The lowest BCUT2D eigenvalue weighted by molar-refractivity contribution is 0.367. The molecule has 0 radical (unpaired) electrons. The Morgan fingerprint density at radius 1 is 1.00 bits per heavy atom. The van der Waals surface area contributed by atoms with Gasteiger partial charge in [0.1, 0.15) is 0 Å². The van der Waals surface area contributed by atoms with Crippen molar-refractivity contribution >= 4 is 17.3 Å². The second kappa shape index (κ2) is 7.30. The third-order valence-electron chi connectivity index (χ3n) is 5.99. The maximum Gasteiger partial charge on any atom is 0.169 e. The van der Waals surface area contributed by atoms with Gasteiger partial charge in [0.05, 0.1) is 23.5 Å². The van der Waals surface area contributed by atoms with Crippen LogP contribution in [0.3, 0.4) is 0 Å². The lowest BCUT2D eigenvalue weighted by Gasteiger charge is -2.25. The van der Waals surface area contributed by atoms with Crippen molar-refractivity contribution in [2.75, 3.05) is 7.05 Å². The minimum atomic E-state index is 0.0304. The van der Waals surface area contributed by atoms with Crippen molar-refractivity contribution in [1.82, 2.24) is 19.8 Å². The molecule has 1 fully saturated rings. The van der Waals surface area contributed by atoms with E-state index in [9.17, 15) is 0 Å². The largest absolute Gasteiger partial charge is 0.352 e. The number of aryl methyl sites for hydroxylation is 4. The van der Waals surface area contributed by atoms with Gasteiger partial charge in [-0.2, -0.15) is 0 Å². The fourth-order valence-corrected chi connectivity index (χ4v) is 5.04. The van der Waals surface area contributed by atoms with E-state index in [-0.39, 0.29) is 12.1 Å². The van der Waals surface area contributed by atoms with Crippen LogP contribution in [-0.2, 0) is 0 Å². The first kappa shape index (κ1) is 19.6. The Morgan fingerprint density at radius 3 is 2.31 bits per heavy atom. The predicted octanol–water partition coefficient (Wildman–Crippen LogP) is 5.02. The van der Waals surface area contributed by atoms with Gasteiger partial charge >= 0.3 is 0 Å². The summed E-state index contributed by atoms with van der Waals surface area (Å²) in [5.41, 5.74) is 9.95. The van der Waals surface area contributed by atoms with Crippen molar-refractivity contribution < 1.29 is 0 Å². The van der Waals surface area contributed by atoms with Crippen LogP contribution >= 0.6 is 12.2 Å². The van der Waals surface area contributed by atoms with Crippen molar-refractivity contribution in [3.63, 3.8) is 0 Å². The topological polar surface area (TPSA) is 33.1 Å². The number of benzene rings is 1. The van der Waals surface area contributed by atoms with E-state index in [1.807, 2.05) is 18.3 Å². The molecular weight excluding hydrogens is 376 g/mol. The summed E-state index contributed by atoms with van der Waals surface area (Å²) in [5, 5.41) is 4.24.